The molecule has 4 fully saturated rings. The van der Waals surface area contributed by atoms with Crippen LogP contribution in [0.5, 0.6) is 0 Å². The number of tetrazole rings is 1. The molecule has 0 bridgehead atoms. The molecule has 11 atom stereocenters. The second kappa shape index (κ2) is 14.5. The van der Waals surface area contributed by atoms with Crippen LogP contribution in [0.15, 0.2) is 0 Å². The van der Waals surface area contributed by atoms with E-state index < -0.39 is 18.7 Å². The van der Waals surface area contributed by atoms with E-state index in [2.05, 4.69) is 56.6 Å². The van der Waals surface area contributed by atoms with Crippen LogP contribution in [0.2, 0.25) is 13.3 Å². The van der Waals surface area contributed by atoms with Crippen molar-refractivity contribution in [2.24, 2.45) is 52.3 Å². The molecular weight excluding hydrogens is 651 g/mol. The Morgan fingerprint density at radius 3 is 2.07 bits per heavy atom. The van der Waals surface area contributed by atoms with Crippen LogP contribution in [-0.2, 0) is 6.42 Å². The topological polar surface area (TPSA) is 84.1 Å². The molecule has 4 aliphatic carbocycles. The summed E-state index contributed by atoms with van der Waals surface area (Å²) in [5.74, 6) is 4.83. The zero-order valence-corrected chi connectivity index (χ0v) is 32.5. The van der Waals surface area contributed by atoms with Gasteiger partial charge in [-0.25, -0.2) is 0 Å². The van der Waals surface area contributed by atoms with E-state index in [0.29, 0.717) is 41.4 Å². The Labute approximate surface area is 274 Å². The summed E-state index contributed by atoms with van der Waals surface area (Å²) in [5.41, 5.74) is 0.547. The van der Waals surface area contributed by atoms with Crippen molar-refractivity contribution < 1.29 is 10.2 Å². The normalized spacial score (nSPS) is 39.5. The minimum atomic E-state index is -2.79. The van der Waals surface area contributed by atoms with Gasteiger partial charge in [0, 0.05) is 0 Å². The fourth-order valence-corrected chi connectivity index (χ4v) is 27.5. The van der Waals surface area contributed by atoms with Gasteiger partial charge < -0.3 is 5.11 Å². The Balaban J connectivity index is 1.38. The van der Waals surface area contributed by atoms with E-state index in [1.54, 1.807) is 0 Å². The summed E-state index contributed by atoms with van der Waals surface area (Å²) >= 11 is -2.79. The van der Waals surface area contributed by atoms with Crippen molar-refractivity contribution in [1.82, 2.24) is 18.4 Å². The van der Waals surface area contributed by atoms with Gasteiger partial charge in [0.05, 0.1) is 6.10 Å². The number of fused-ring (bicyclic) bond motifs is 5. The first kappa shape index (κ1) is 35.1. The van der Waals surface area contributed by atoms with E-state index in [-0.39, 0.29) is 23.0 Å². The van der Waals surface area contributed by atoms with Gasteiger partial charge in [0.2, 0.25) is 0 Å². The molecular formula is C37H68N4O2Sn. The standard InChI is InChI=1S/C25H41N4O2.3C4H9.Sn/c1-5-16-20-13-15(30)8-10-25(20,4)19-9-11-24(3)17(6-7-18(24)22(19)23(16)31)14(2)12-21-26-28-29-27-21;3*1-3-4-2;/h14-20,22-23,30-31H,5-13H2,1-4H3;3*1,3-4H2,2H3;/q-1;;;;+1/t14-,15-,16-,17-,18?,19?,20+,22?,23?,24-,25-;;;;/m1..../s1. The molecule has 7 heteroatoms. The summed E-state index contributed by atoms with van der Waals surface area (Å²) < 4.78 is 6.69. The molecule has 5 rings (SSSR count). The Kier molecular flexibility index (Phi) is 11.6. The molecule has 4 saturated carbocycles. The van der Waals surface area contributed by atoms with Gasteiger partial charge in [0.1, 0.15) is 0 Å². The van der Waals surface area contributed by atoms with Gasteiger partial charge in [-0.05, 0) is 0 Å². The number of aliphatic hydroxyl groups excluding tert-OH is 2. The quantitative estimate of drug-likeness (QED) is 0.188. The summed E-state index contributed by atoms with van der Waals surface area (Å²) in [7, 11) is 0. The molecule has 0 amide bonds. The van der Waals surface area contributed by atoms with Crippen LogP contribution < -0.4 is 0 Å². The van der Waals surface area contributed by atoms with Crippen LogP contribution in [-0.4, -0.2) is 59.5 Å². The molecule has 252 valence electrons. The summed E-state index contributed by atoms with van der Waals surface area (Å²) in [6, 6.07) is 0. The third-order valence-electron chi connectivity index (χ3n) is 14.6. The zero-order chi connectivity index (χ0) is 31.7. The maximum absolute atomic E-state index is 12.1. The SMILES string of the molecule is CCC[CH2][Sn]([CH2]CCC)([CH2]CCC)[n]1nnnc1C[C@@H](C)[C@H]1CCC2C3C(O)[C@H](CC)[C@@H]4C[C@H](O)CC[C@]4(C)C3CC[C@@]21C. The van der Waals surface area contributed by atoms with Crippen LogP contribution >= 0.6 is 0 Å². The van der Waals surface area contributed by atoms with E-state index in [1.807, 2.05) is 0 Å². The van der Waals surface area contributed by atoms with E-state index >= 15 is 0 Å². The van der Waals surface area contributed by atoms with Crippen molar-refractivity contribution in [3.05, 3.63) is 5.82 Å². The van der Waals surface area contributed by atoms with Crippen LogP contribution in [0.1, 0.15) is 144 Å². The van der Waals surface area contributed by atoms with E-state index in [0.717, 1.165) is 32.1 Å². The molecule has 0 radical (unpaired) electrons. The van der Waals surface area contributed by atoms with Crippen LogP contribution in [0, 0.1) is 52.3 Å². The first-order chi connectivity index (χ1) is 21.1. The van der Waals surface area contributed by atoms with Gasteiger partial charge in [-0.3, -0.25) is 0 Å². The molecule has 2 N–H and O–H groups in total. The number of hydrogen-bond acceptors (Lipinski definition) is 5. The van der Waals surface area contributed by atoms with Crippen LogP contribution in [0.3, 0.4) is 0 Å². The fraction of sp³-hybridized carbons (Fsp3) is 0.973. The van der Waals surface area contributed by atoms with Gasteiger partial charge in [-0.15, -0.1) is 0 Å². The molecule has 6 nitrogen and oxygen atoms in total. The first-order valence-electron chi connectivity index (χ1n) is 19.2. The molecule has 1 aromatic heterocycles. The molecule has 0 aliphatic heterocycles. The number of nitrogens with zero attached hydrogens (tertiary/aromatic N) is 4. The number of rotatable bonds is 14. The van der Waals surface area contributed by atoms with Gasteiger partial charge in [0.15, 0.2) is 0 Å². The number of aliphatic hydroxyl groups is 2. The molecule has 0 aromatic carbocycles. The number of hydrogen-bond donors (Lipinski definition) is 2. The van der Waals surface area contributed by atoms with E-state index in [4.69, 9.17) is 10.3 Å². The predicted octanol–water partition coefficient (Wildman–Crippen LogP) is 8.67. The Hall–Kier alpha value is -0.211. The number of unbranched alkanes of at least 4 members (excludes halogenated alkanes) is 3. The van der Waals surface area contributed by atoms with Crippen molar-refractivity contribution in [1.29, 1.82) is 0 Å². The molecule has 1 aromatic rings. The molecule has 4 unspecified atom stereocenters. The average Bonchev–Trinajstić information content (AvgIpc) is 3.62. The van der Waals surface area contributed by atoms with Crippen molar-refractivity contribution in [2.75, 3.05) is 0 Å². The molecule has 44 heavy (non-hydrogen) atoms. The Bertz CT molecular complexity index is 1040. The first-order valence-corrected chi connectivity index (χ1v) is 26.6. The maximum atomic E-state index is 12.1. The van der Waals surface area contributed by atoms with Crippen molar-refractivity contribution >= 4 is 18.7 Å². The molecule has 4 aliphatic rings. The van der Waals surface area contributed by atoms with Gasteiger partial charge in [-0.1, -0.05) is 0 Å². The summed E-state index contributed by atoms with van der Waals surface area (Å²) in [5, 5.41) is 36.8. The summed E-state index contributed by atoms with van der Waals surface area (Å²) in [4.78, 5) is 0. The van der Waals surface area contributed by atoms with E-state index in [1.165, 1.54) is 83.3 Å². The van der Waals surface area contributed by atoms with Gasteiger partial charge >= 0.3 is 264 Å². The van der Waals surface area contributed by atoms with Gasteiger partial charge in [-0.2, -0.15) is 0 Å². The summed E-state index contributed by atoms with van der Waals surface area (Å²) in [6.07, 6.45) is 17.5. The Morgan fingerprint density at radius 1 is 0.841 bits per heavy atom. The van der Waals surface area contributed by atoms with Crippen LogP contribution in [0.4, 0.5) is 0 Å². The molecule has 1 heterocycles. The Morgan fingerprint density at radius 2 is 1.45 bits per heavy atom. The van der Waals surface area contributed by atoms with Crippen molar-refractivity contribution in [3.63, 3.8) is 0 Å². The third-order valence-corrected chi connectivity index (χ3v) is 29.2. The second-order valence-corrected chi connectivity index (χ2v) is 29.3. The van der Waals surface area contributed by atoms with E-state index in [9.17, 15) is 10.2 Å². The summed E-state index contributed by atoms with van der Waals surface area (Å²) in [6.45, 7) is 17.0. The predicted molar refractivity (Wildman–Crippen MR) is 183 cm³/mol. The molecule has 0 spiro atoms. The third kappa shape index (κ3) is 6.21. The molecule has 0 saturated heterocycles. The van der Waals surface area contributed by atoms with Crippen molar-refractivity contribution in [2.45, 2.75) is 170 Å². The number of aromatic nitrogens is 4. The zero-order valence-electron chi connectivity index (χ0n) is 29.6. The van der Waals surface area contributed by atoms with Crippen molar-refractivity contribution in [3.8, 4) is 0 Å². The van der Waals surface area contributed by atoms with Gasteiger partial charge in [0.25, 0.3) is 0 Å². The average molecular weight is 720 g/mol. The minimum absolute atomic E-state index is 0.178. The van der Waals surface area contributed by atoms with Crippen LogP contribution in [0.25, 0.3) is 0 Å². The second-order valence-electron chi connectivity index (χ2n) is 16.8. The monoisotopic (exact) mass is 720 g/mol. The fourth-order valence-electron chi connectivity index (χ4n) is 12.3.